The molecule has 1 aromatic rings. The van der Waals surface area contributed by atoms with Crippen molar-refractivity contribution in [2.75, 3.05) is 6.61 Å². The summed E-state index contributed by atoms with van der Waals surface area (Å²) in [6, 6.07) is 4.69. The highest BCUT2D eigenvalue weighted by molar-refractivity contribution is 5.96. The molecule has 0 amide bonds. The van der Waals surface area contributed by atoms with Gasteiger partial charge in [0.05, 0.1) is 0 Å². The van der Waals surface area contributed by atoms with E-state index < -0.39 is 0 Å². The number of rotatable bonds is 5. The Balaban J connectivity index is 1.27. The van der Waals surface area contributed by atoms with Crippen LogP contribution in [0, 0.1) is 62.6 Å². The molecule has 6 rings (SSSR count). The van der Waals surface area contributed by atoms with Crippen molar-refractivity contribution in [2.24, 2.45) is 62.6 Å². The van der Waals surface area contributed by atoms with E-state index >= 15 is 0 Å². The van der Waals surface area contributed by atoms with Crippen molar-refractivity contribution in [3.63, 3.8) is 0 Å². The number of aliphatic hydroxyl groups is 1. The van der Waals surface area contributed by atoms with Crippen molar-refractivity contribution in [1.82, 2.24) is 0 Å². The molecule has 5 aliphatic rings. The van der Waals surface area contributed by atoms with Gasteiger partial charge in [-0.2, -0.15) is 0 Å². The van der Waals surface area contributed by atoms with E-state index in [9.17, 15) is 20.1 Å². The van der Waals surface area contributed by atoms with Crippen LogP contribution in [0.3, 0.4) is 0 Å². The average molecular weight is 589 g/mol. The Morgan fingerprint density at radius 3 is 2.30 bits per heavy atom. The first kappa shape index (κ1) is 30.9. The van der Waals surface area contributed by atoms with Crippen LogP contribution in [0.4, 0.5) is 0 Å². The minimum atomic E-state index is -0.167. The number of aliphatic hydroxyl groups excluding tert-OH is 1. The van der Waals surface area contributed by atoms with E-state index in [1.807, 2.05) is 0 Å². The lowest BCUT2D eigenvalue weighted by atomic mass is 9.32. The third-order valence-corrected chi connectivity index (χ3v) is 15.4. The number of phenolic OH excluding ortho intramolecular Hbond substituents is 2. The lowest BCUT2D eigenvalue weighted by Crippen LogP contribution is -2.66. The molecule has 5 fully saturated rings. The number of carbonyl (C=O) groups excluding carboxylic acids is 1. The lowest BCUT2D eigenvalue weighted by Gasteiger charge is -2.73. The first-order valence-electron chi connectivity index (χ1n) is 17.1. The Morgan fingerprint density at radius 1 is 0.884 bits per heavy atom. The molecular weight excluding hydrogens is 532 g/mol. The second-order valence-electron chi connectivity index (χ2n) is 17.1. The molecule has 43 heavy (non-hydrogen) atoms. The summed E-state index contributed by atoms with van der Waals surface area (Å²) >= 11 is 0. The van der Waals surface area contributed by atoms with Gasteiger partial charge in [-0.15, -0.1) is 0 Å². The molecule has 0 heterocycles. The Bertz CT molecular complexity index is 1330. The molecule has 0 unspecified atom stereocenters. The molecule has 236 valence electrons. The molecule has 4 heteroatoms. The van der Waals surface area contributed by atoms with Crippen LogP contribution in [0.25, 0.3) is 6.08 Å². The van der Waals surface area contributed by atoms with Gasteiger partial charge in [0.25, 0.3) is 0 Å². The number of benzene rings is 1. The van der Waals surface area contributed by atoms with Crippen LogP contribution in [0.1, 0.15) is 111 Å². The van der Waals surface area contributed by atoms with Gasteiger partial charge in [-0.3, -0.25) is 4.79 Å². The number of phenols is 2. The first-order chi connectivity index (χ1) is 20.1. The Kier molecular flexibility index (Phi) is 7.36. The molecule has 5 saturated carbocycles. The van der Waals surface area contributed by atoms with Crippen LogP contribution in [0.2, 0.25) is 0 Å². The maximum Gasteiger partial charge on any atom is 0.159 e. The number of carbonyl (C=O) groups is 1. The molecule has 3 N–H and O–H groups in total. The zero-order valence-electron chi connectivity index (χ0n) is 27.6. The highest BCUT2D eigenvalue weighted by Gasteiger charge is 2.70. The van der Waals surface area contributed by atoms with E-state index in [2.05, 4.69) is 48.1 Å². The summed E-state index contributed by atoms with van der Waals surface area (Å²) in [5, 5.41) is 30.3. The monoisotopic (exact) mass is 588 g/mol. The van der Waals surface area contributed by atoms with E-state index in [0.717, 1.165) is 31.2 Å². The molecular formula is C39H56O4. The number of allylic oxidation sites excluding steroid dienone is 2. The quantitative estimate of drug-likeness (QED) is 0.182. The predicted octanol–water partition coefficient (Wildman–Crippen LogP) is 8.95. The molecule has 0 radical (unpaired) electrons. The second-order valence-corrected chi connectivity index (χ2v) is 17.1. The van der Waals surface area contributed by atoms with Crippen LogP contribution in [-0.2, 0) is 4.79 Å². The minimum absolute atomic E-state index is 0.0153. The highest BCUT2D eigenvalue weighted by atomic mass is 16.3. The average Bonchev–Trinajstić information content (AvgIpc) is 3.34. The summed E-state index contributed by atoms with van der Waals surface area (Å²) in [5.74, 6) is 2.76. The Labute approximate surface area is 260 Å². The normalized spacial score (nSPS) is 45.1. The van der Waals surface area contributed by atoms with Crippen molar-refractivity contribution in [3.05, 3.63) is 42.0 Å². The van der Waals surface area contributed by atoms with Gasteiger partial charge in [0.2, 0.25) is 0 Å². The van der Waals surface area contributed by atoms with Gasteiger partial charge in [0, 0.05) is 12.5 Å². The Hall–Kier alpha value is -2.07. The number of hydrogen-bond donors (Lipinski definition) is 3. The molecule has 0 spiro atoms. The van der Waals surface area contributed by atoms with Gasteiger partial charge < -0.3 is 15.3 Å². The molecule has 10 atom stereocenters. The summed E-state index contributed by atoms with van der Waals surface area (Å²) in [5.41, 5.74) is 2.77. The number of aromatic hydroxyl groups is 2. The van der Waals surface area contributed by atoms with Crippen molar-refractivity contribution >= 4 is 11.9 Å². The fourth-order valence-electron chi connectivity index (χ4n) is 13.0. The third kappa shape index (κ3) is 4.27. The third-order valence-electron chi connectivity index (χ3n) is 15.4. The van der Waals surface area contributed by atoms with Gasteiger partial charge in [0.1, 0.15) is 0 Å². The van der Waals surface area contributed by atoms with Gasteiger partial charge in [-0.05, 0) is 152 Å². The summed E-state index contributed by atoms with van der Waals surface area (Å²) < 4.78 is 0. The molecule has 4 nitrogen and oxygen atoms in total. The van der Waals surface area contributed by atoms with E-state index in [1.54, 1.807) is 18.2 Å². The van der Waals surface area contributed by atoms with Crippen molar-refractivity contribution < 1.29 is 20.1 Å². The van der Waals surface area contributed by atoms with Crippen LogP contribution in [0.15, 0.2) is 36.4 Å². The standard InChI is InChI=1S/C39H56O4/c1-24(2)26-14-19-39(23-40)21-20-37(6)28(34(26)39)10-13-33-36(5)17-15-27(35(3,4)32(36)16-18-38(33,37)7)29(41)11-8-25-9-12-30(42)31(43)22-25/h8-9,11-12,22,26-28,32-34,40,42-43H,1,10,13-21,23H2,2-7H3/b11-8+/t26-,27+,28+,32-,33+,34+,36-,37+,38+,39+/m0/s1. The summed E-state index contributed by atoms with van der Waals surface area (Å²) in [4.78, 5) is 13.7. The number of ketones is 1. The van der Waals surface area contributed by atoms with E-state index in [1.165, 1.54) is 56.2 Å². The molecule has 0 aromatic heterocycles. The number of hydrogen-bond acceptors (Lipinski definition) is 4. The largest absolute Gasteiger partial charge is 0.504 e. The first-order valence-corrected chi connectivity index (χ1v) is 17.1. The van der Waals surface area contributed by atoms with Crippen molar-refractivity contribution in [3.8, 4) is 11.5 Å². The zero-order valence-corrected chi connectivity index (χ0v) is 27.6. The number of fused-ring (bicyclic) bond motifs is 7. The summed E-state index contributed by atoms with van der Waals surface area (Å²) in [7, 11) is 0. The fourth-order valence-corrected chi connectivity index (χ4v) is 13.0. The molecule has 0 bridgehead atoms. The maximum atomic E-state index is 13.7. The molecule has 1 aromatic carbocycles. The second kappa shape index (κ2) is 10.2. The van der Waals surface area contributed by atoms with Gasteiger partial charge in [0.15, 0.2) is 17.3 Å². The van der Waals surface area contributed by atoms with Gasteiger partial charge in [-0.25, -0.2) is 0 Å². The zero-order chi connectivity index (χ0) is 31.2. The Morgan fingerprint density at radius 2 is 1.63 bits per heavy atom. The molecule has 0 saturated heterocycles. The summed E-state index contributed by atoms with van der Waals surface area (Å²) in [6.45, 7) is 19.6. The maximum absolute atomic E-state index is 13.7. The minimum Gasteiger partial charge on any atom is -0.504 e. The van der Waals surface area contributed by atoms with Crippen LogP contribution in [-0.4, -0.2) is 27.7 Å². The summed E-state index contributed by atoms with van der Waals surface area (Å²) in [6.07, 6.45) is 15.2. The van der Waals surface area contributed by atoms with Crippen LogP contribution >= 0.6 is 0 Å². The predicted molar refractivity (Wildman–Crippen MR) is 173 cm³/mol. The van der Waals surface area contributed by atoms with Crippen molar-refractivity contribution in [2.45, 2.75) is 106 Å². The van der Waals surface area contributed by atoms with E-state index in [-0.39, 0.29) is 50.3 Å². The van der Waals surface area contributed by atoms with E-state index in [0.29, 0.717) is 36.2 Å². The van der Waals surface area contributed by atoms with Crippen LogP contribution in [0.5, 0.6) is 11.5 Å². The smallest absolute Gasteiger partial charge is 0.159 e. The lowest BCUT2D eigenvalue weighted by molar-refractivity contribution is -0.243. The topological polar surface area (TPSA) is 77.8 Å². The van der Waals surface area contributed by atoms with Crippen molar-refractivity contribution in [1.29, 1.82) is 0 Å². The molecule has 5 aliphatic carbocycles. The van der Waals surface area contributed by atoms with Gasteiger partial charge in [-0.1, -0.05) is 58.9 Å². The highest BCUT2D eigenvalue weighted by Crippen LogP contribution is 2.77. The SMILES string of the molecule is C=C(C)[C@@H]1CC[C@]2(CO)CC[C@]3(C)[C@H](CC[C@@H]4[C@@]5(C)CC[C@H](C(=O)/C=C/c6ccc(O)c(O)c6)C(C)(C)[C@@H]5CC[C@]43C)[C@@H]12. The van der Waals surface area contributed by atoms with Crippen LogP contribution < -0.4 is 0 Å². The van der Waals surface area contributed by atoms with E-state index in [4.69, 9.17) is 0 Å². The fraction of sp³-hybridized carbons (Fsp3) is 0.718. The van der Waals surface area contributed by atoms with Gasteiger partial charge >= 0.3 is 0 Å². The molecule has 0 aliphatic heterocycles.